The zero-order valence-electron chi connectivity index (χ0n) is 10.1. The molecule has 18 heavy (non-hydrogen) atoms. The predicted octanol–water partition coefficient (Wildman–Crippen LogP) is 3.16. The number of esters is 1. The lowest BCUT2D eigenvalue weighted by Crippen LogP contribution is -2.06. The van der Waals surface area contributed by atoms with E-state index in [0.717, 1.165) is 5.56 Å². The second-order valence-electron chi connectivity index (χ2n) is 3.52. The largest absolute Gasteiger partial charge is 0.461 e. The third kappa shape index (κ3) is 2.32. The molecule has 0 aliphatic carbocycles. The van der Waals surface area contributed by atoms with Crippen molar-refractivity contribution in [2.24, 2.45) is 0 Å². The summed E-state index contributed by atoms with van der Waals surface area (Å²) >= 11 is 0. The Morgan fingerprint density at radius 3 is 2.78 bits per heavy atom. The van der Waals surface area contributed by atoms with Gasteiger partial charge in [0, 0.05) is 5.56 Å². The Kier molecular flexibility index (Phi) is 3.57. The van der Waals surface area contributed by atoms with Crippen LogP contribution in [0, 0.1) is 0 Å². The number of rotatable bonds is 4. The minimum Gasteiger partial charge on any atom is -0.461 e. The highest BCUT2D eigenvalue weighted by Gasteiger charge is 2.19. The fourth-order valence-electron chi connectivity index (χ4n) is 1.52. The second kappa shape index (κ2) is 5.31. The molecular weight excluding hydrogens is 230 g/mol. The van der Waals surface area contributed by atoms with Crippen molar-refractivity contribution < 1.29 is 13.9 Å². The van der Waals surface area contributed by atoms with Crippen molar-refractivity contribution in [3.8, 4) is 11.5 Å². The number of aromatic nitrogens is 1. The highest BCUT2D eigenvalue weighted by atomic mass is 16.5. The van der Waals surface area contributed by atoms with E-state index in [4.69, 9.17) is 9.15 Å². The van der Waals surface area contributed by atoms with Gasteiger partial charge in [0.15, 0.2) is 11.5 Å². The second-order valence-corrected chi connectivity index (χ2v) is 3.52. The van der Waals surface area contributed by atoms with Crippen LogP contribution in [0.15, 0.2) is 41.3 Å². The van der Waals surface area contributed by atoms with E-state index in [1.54, 1.807) is 6.92 Å². The predicted molar refractivity (Wildman–Crippen MR) is 68.0 cm³/mol. The van der Waals surface area contributed by atoms with Crippen molar-refractivity contribution in [3.63, 3.8) is 0 Å². The van der Waals surface area contributed by atoms with Gasteiger partial charge in [0.25, 0.3) is 0 Å². The van der Waals surface area contributed by atoms with Crippen LogP contribution in [0.1, 0.15) is 23.2 Å². The third-order valence-electron chi connectivity index (χ3n) is 2.33. The van der Waals surface area contributed by atoms with Crippen LogP contribution in [0.2, 0.25) is 0 Å². The van der Waals surface area contributed by atoms with Crippen LogP contribution in [0.3, 0.4) is 0 Å². The fraction of sp³-hybridized carbons (Fsp3) is 0.143. The van der Waals surface area contributed by atoms with Crippen molar-refractivity contribution in [1.82, 2.24) is 4.98 Å². The number of hydrogen-bond donors (Lipinski definition) is 0. The maximum atomic E-state index is 11.7. The number of carbonyl (C=O) groups excluding carboxylic acids is 1. The van der Waals surface area contributed by atoms with Gasteiger partial charge in [0.2, 0.25) is 5.89 Å². The summed E-state index contributed by atoms with van der Waals surface area (Å²) in [6.45, 7) is 5.63. The van der Waals surface area contributed by atoms with Gasteiger partial charge in [-0.05, 0) is 25.1 Å². The van der Waals surface area contributed by atoms with Crippen LogP contribution in [0.5, 0.6) is 0 Å². The van der Waals surface area contributed by atoms with E-state index in [2.05, 4.69) is 11.6 Å². The van der Waals surface area contributed by atoms with Crippen LogP contribution in [0.25, 0.3) is 17.5 Å². The average Bonchev–Trinajstić information content (AvgIpc) is 2.84. The normalized spacial score (nSPS) is 10.1. The quantitative estimate of drug-likeness (QED) is 0.774. The molecular formula is C14H13NO3. The number of oxazole rings is 1. The molecule has 0 saturated carbocycles. The van der Waals surface area contributed by atoms with E-state index in [1.165, 1.54) is 6.08 Å². The molecule has 92 valence electrons. The smallest absolute Gasteiger partial charge is 0.360 e. The van der Waals surface area contributed by atoms with Crippen molar-refractivity contribution in [1.29, 1.82) is 0 Å². The lowest BCUT2D eigenvalue weighted by Gasteiger charge is -1.96. The first-order chi connectivity index (χ1) is 8.76. The summed E-state index contributed by atoms with van der Waals surface area (Å²) in [5.74, 6) is 0.208. The van der Waals surface area contributed by atoms with Gasteiger partial charge in [-0.3, -0.25) is 0 Å². The third-order valence-corrected chi connectivity index (χ3v) is 2.33. The van der Waals surface area contributed by atoms with Crippen LogP contribution in [-0.2, 0) is 4.74 Å². The minimum atomic E-state index is -0.502. The zero-order chi connectivity index (χ0) is 13.0. The number of nitrogens with zero attached hydrogens (tertiary/aromatic N) is 1. The van der Waals surface area contributed by atoms with Crippen molar-refractivity contribution in [3.05, 3.63) is 48.4 Å². The van der Waals surface area contributed by atoms with Crippen molar-refractivity contribution >= 4 is 12.0 Å². The summed E-state index contributed by atoms with van der Waals surface area (Å²) in [4.78, 5) is 15.8. The molecule has 0 aliphatic heterocycles. The Hall–Kier alpha value is -2.36. The molecule has 2 rings (SSSR count). The number of carbonyl (C=O) groups is 1. The van der Waals surface area contributed by atoms with Gasteiger partial charge in [0.1, 0.15) is 0 Å². The van der Waals surface area contributed by atoms with E-state index in [0.29, 0.717) is 18.3 Å². The highest BCUT2D eigenvalue weighted by Crippen LogP contribution is 2.23. The highest BCUT2D eigenvalue weighted by molar-refractivity contribution is 5.91. The summed E-state index contributed by atoms with van der Waals surface area (Å²) in [7, 11) is 0. The summed E-state index contributed by atoms with van der Waals surface area (Å²) in [5, 5.41) is 0. The summed E-state index contributed by atoms with van der Waals surface area (Å²) < 4.78 is 10.4. The molecule has 2 aromatic rings. The molecule has 0 N–H and O–H groups in total. The fourth-order valence-corrected chi connectivity index (χ4v) is 1.52. The minimum absolute atomic E-state index is 0.158. The molecule has 0 saturated heterocycles. The van der Waals surface area contributed by atoms with Crippen molar-refractivity contribution in [2.45, 2.75) is 6.92 Å². The molecule has 0 fully saturated rings. The monoisotopic (exact) mass is 243 g/mol. The molecule has 0 aliphatic rings. The van der Waals surface area contributed by atoms with Crippen LogP contribution in [0.4, 0.5) is 0 Å². The van der Waals surface area contributed by atoms with Gasteiger partial charge in [-0.1, -0.05) is 24.8 Å². The first-order valence-corrected chi connectivity index (χ1v) is 5.62. The van der Waals surface area contributed by atoms with Gasteiger partial charge in [0.05, 0.1) is 6.61 Å². The van der Waals surface area contributed by atoms with E-state index < -0.39 is 5.97 Å². The van der Waals surface area contributed by atoms with E-state index in [1.807, 2.05) is 30.3 Å². The Balaban J connectivity index is 2.41. The van der Waals surface area contributed by atoms with Crippen LogP contribution in [-0.4, -0.2) is 17.6 Å². The van der Waals surface area contributed by atoms with E-state index in [-0.39, 0.29) is 5.69 Å². The van der Waals surface area contributed by atoms with Gasteiger partial charge in [-0.25, -0.2) is 9.78 Å². The first kappa shape index (κ1) is 12.1. The van der Waals surface area contributed by atoms with Gasteiger partial charge in [-0.15, -0.1) is 0 Å². The Morgan fingerprint density at radius 1 is 1.44 bits per heavy atom. The Morgan fingerprint density at radius 2 is 2.17 bits per heavy atom. The van der Waals surface area contributed by atoms with Crippen molar-refractivity contribution in [2.75, 3.05) is 6.61 Å². The number of hydrogen-bond acceptors (Lipinski definition) is 4. The zero-order valence-corrected chi connectivity index (χ0v) is 10.1. The molecule has 1 aromatic carbocycles. The van der Waals surface area contributed by atoms with Gasteiger partial charge < -0.3 is 9.15 Å². The topological polar surface area (TPSA) is 52.3 Å². The lowest BCUT2D eigenvalue weighted by molar-refractivity contribution is 0.0519. The SMILES string of the molecule is C=Cc1oc(-c2ccccc2)nc1C(=O)OCC. The number of ether oxygens (including phenoxy) is 1. The maximum Gasteiger partial charge on any atom is 0.360 e. The first-order valence-electron chi connectivity index (χ1n) is 5.62. The molecule has 0 bridgehead atoms. The molecule has 4 nitrogen and oxygen atoms in total. The van der Waals surface area contributed by atoms with Crippen LogP contribution < -0.4 is 0 Å². The van der Waals surface area contributed by atoms with Gasteiger partial charge in [-0.2, -0.15) is 0 Å². The summed E-state index contributed by atoms with van der Waals surface area (Å²) in [6.07, 6.45) is 1.45. The maximum absolute atomic E-state index is 11.7. The summed E-state index contributed by atoms with van der Waals surface area (Å²) in [5.41, 5.74) is 0.960. The lowest BCUT2D eigenvalue weighted by atomic mass is 10.2. The Labute approximate surface area is 105 Å². The Bertz CT molecular complexity index is 558. The molecule has 0 unspecified atom stereocenters. The molecule has 0 radical (unpaired) electrons. The molecule has 0 amide bonds. The molecule has 0 atom stereocenters. The van der Waals surface area contributed by atoms with E-state index >= 15 is 0 Å². The average molecular weight is 243 g/mol. The molecule has 0 spiro atoms. The summed E-state index contributed by atoms with van der Waals surface area (Å²) in [6, 6.07) is 9.35. The molecule has 1 heterocycles. The standard InChI is InChI=1S/C14H13NO3/c1-3-11-12(14(16)17-4-2)15-13(18-11)10-8-6-5-7-9-10/h3,5-9H,1,4H2,2H3. The van der Waals surface area contributed by atoms with Gasteiger partial charge >= 0.3 is 5.97 Å². The number of benzene rings is 1. The van der Waals surface area contributed by atoms with E-state index in [9.17, 15) is 4.79 Å². The molecule has 4 heteroatoms. The van der Waals surface area contributed by atoms with Crippen LogP contribution >= 0.6 is 0 Å². The molecule has 1 aromatic heterocycles.